The summed E-state index contributed by atoms with van der Waals surface area (Å²) in [7, 11) is 0. The standard InChI is InChI=1S/C30H39ClF3N5O3/c1-3-5-6-7-20(4-2)27-22-16-35-39(25-15-21(40)14-23(31)26(25)30(32,33)34)17-24(22)36-28(37-27)42-19-29(8-9-29)18-38-10-12-41-13-11-38/h14-17,20,35,40H,3-13,18-19H2,1-2H3/i19D2. The number of phenols is 1. The predicted molar refractivity (Wildman–Crippen MR) is 156 cm³/mol. The van der Waals surface area contributed by atoms with Gasteiger partial charge in [0.1, 0.15) is 5.75 Å². The number of halogens is 4. The molecule has 1 aromatic heterocycles. The first-order valence-electron chi connectivity index (χ1n) is 15.6. The average molecular weight is 612 g/mol. The van der Waals surface area contributed by atoms with E-state index in [1.807, 2.05) is 6.92 Å². The molecular formula is C30H39ClF3N5O3. The third kappa shape index (κ3) is 7.06. The molecule has 42 heavy (non-hydrogen) atoms. The van der Waals surface area contributed by atoms with Gasteiger partial charge in [0, 0.05) is 48.5 Å². The van der Waals surface area contributed by atoms with E-state index in [9.17, 15) is 18.3 Å². The minimum Gasteiger partial charge on any atom is -0.508 e. The van der Waals surface area contributed by atoms with Gasteiger partial charge in [0.2, 0.25) is 0 Å². The number of benzene rings is 1. The number of hydrazine groups is 1. The van der Waals surface area contributed by atoms with Crippen LogP contribution in [0.5, 0.6) is 11.8 Å². The molecule has 0 bridgehead atoms. The van der Waals surface area contributed by atoms with Crippen LogP contribution in [-0.2, 0) is 10.9 Å². The van der Waals surface area contributed by atoms with E-state index in [4.69, 9.17) is 28.8 Å². The highest BCUT2D eigenvalue weighted by Crippen LogP contribution is 2.46. The number of aromatic nitrogens is 2. The van der Waals surface area contributed by atoms with Crippen LogP contribution >= 0.6 is 11.6 Å². The SMILES string of the molecule is [2H]C([2H])(Oc1nc(C(CC)CCCCC)c2c(n1)=CN(c1cc(O)cc(Cl)c1C(F)(F)F)NC=2)C1(CN2CCOCC2)CC1. The molecule has 1 aliphatic carbocycles. The Morgan fingerprint density at radius 1 is 1.21 bits per heavy atom. The lowest BCUT2D eigenvalue weighted by Crippen LogP contribution is -2.47. The number of morpholine rings is 1. The summed E-state index contributed by atoms with van der Waals surface area (Å²) in [5.41, 5.74) is 1.25. The number of nitrogens with zero attached hydrogens (tertiary/aromatic N) is 4. The molecule has 230 valence electrons. The van der Waals surface area contributed by atoms with E-state index in [-0.39, 0.29) is 17.3 Å². The van der Waals surface area contributed by atoms with E-state index < -0.39 is 40.2 Å². The third-order valence-corrected chi connectivity index (χ3v) is 8.36. The molecular weight excluding hydrogens is 571 g/mol. The van der Waals surface area contributed by atoms with Gasteiger partial charge in [0.15, 0.2) is 0 Å². The van der Waals surface area contributed by atoms with Crippen LogP contribution in [0, 0.1) is 5.41 Å². The van der Waals surface area contributed by atoms with Crippen molar-refractivity contribution in [3.63, 3.8) is 0 Å². The molecule has 3 heterocycles. The number of alkyl halides is 3. The lowest BCUT2D eigenvalue weighted by atomic mass is 9.93. The van der Waals surface area contributed by atoms with Gasteiger partial charge in [0.05, 0.1) is 56.0 Å². The van der Waals surface area contributed by atoms with Gasteiger partial charge in [-0.25, -0.2) is 0 Å². The molecule has 2 N–H and O–H groups in total. The molecule has 2 aromatic rings. The fourth-order valence-electron chi connectivity index (χ4n) is 5.53. The maximum atomic E-state index is 14.0. The van der Waals surface area contributed by atoms with E-state index in [0.717, 1.165) is 62.3 Å². The van der Waals surface area contributed by atoms with Gasteiger partial charge in [-0.1, -0.05) is 44.7 Å². The summed E-state index contributed by atoms with van der Waals surface area (Å²) >= 11 is 5.94. The maximum absolute atomic E-state index is 14.0. The van der Waals surface area contributed by atoms with Gasteiger partial charge in [-0.15, -0.1) is 0 Å². The summed E-state index contributed by atoms with van der Waals surface area (Å²) in [5.74, 6) is -0.440. The number of ether oxygens (including phenoxy) is 2. The van der Waals surface area contributed by atoms with Gasteiger partial charge in [0.25, 0.3) is 0 Å². The Kier molecular flexibility index (Phi) is 8.58. The lowest BCUT2D eigenvalue weighted by Gasteiger charge is -2.30. The van der Waals surface area contributed by atoms with Crippen LogP contribution in [-0.4, -0.2) is 59.4 Å². The molecule has 1 unspecified atom stereocenters. The first kappa shape index (κ1) is 28.0. The zero-order valence-corrected chi connectivity index (χ0v) is 24.7. The quantitative estimate of drug-likeness (QED) is 0.327. The Hall–Kier alpha value is -2.76. The van der Waals surface area contributed by atoms with Crippen molar-refractivity contribution in [1.82, 2.24) is 20.3 Å². The number of hydrogen-bond donors (Lipinski definition) is 2. The Morgan fingerprint density at radius 3 is 2.64 bits per heavy atom. The Balaban J connectivity index is 1.56. The van der Waals surface area contributed by atoms with Crippen molar-refractivity contribution in [3.8, 4) is 11.8 Å². The fraction of sp³-hybridized carbons (Fsp3) is 0.600. The second kappa shape index (κ2) is 12.9. The highest BCUT2D eigenvalue weighted by Gasteiger charge is 2.45. The number of rotatable bonds is 12. The molecule has 1 atom stereocenters. The number of fused-ring (bicyclic) bond motifs is 1. The number of unbranched alkanes of at least 4 members (excludes halogenated alkanes) is 2. The van der Waals surface area contributed by atoms with E-state index in [2.05, 4.69) is 22.2 Å². The summed E-state index contributed by atoms with van der Waals surface area (Å²) in [6.07, 6.45) is 4.03. The molecule has 2 fully saturated rings. The summed E-state index contributed by atoms with van der Waals surface area (Å²) in [4.78, 5) is 11.4. The van der Waals surface area contributed by atoms with Crippen molar-refractivity contribution in [1.29, 1.82) is 0 Å². The first-order valence-corrected chi connectivity index (χ1v) is 15.0. The number of aromatic hydroxyl groups is 1. The van der Waals surface area contributed by atoms with Crippen LogP contribution in [0.25, 0.3) is 12.4 Å². The van der Waals surface area contributed by atoms with Crippen LogP contribution in [0.15, 0.2) is 12.1 Å². The van der Waals surface area contributed by atoms with Gasteiger partial charge in [-0.2, -0.15) is 23.1 Å². The van der Waals surface area contributed by atoms with Crippen molar-refractivity contribution >= 4 is 29.7 Å². The van der Waals surface area contributed by atoms with E-state index in [1.165, 1.54) is 12.4 Å². The molecule has 8 nitrogen and oxygen atoms in total. The molecule has 1 saturated heterocycles. The average Bonchev–Trinajstić information content (AvgIpc) is 3.75. The largest absolute Gasteiger partial charge is 0.508 e. The van der Waals surface area contributed by atoms with Crippen LogP contribution in [0.1, 0.15) is 78.7 Å². The van der Waals surface area contributed by atoms with Crippen molar-refractivity contribution < 1.29 is 30.5 Å². The van der Waals surface area contributed by atoms with Crippen molar-refractivity contribution in [3.05, 3.63) is 39.0 Å². The smallest absolute Gasteiger partial charge is 0.419 e. The Bertz CT molecular complexity index is 1470. The highest BCUT2D eigenvalue weighted by atomic mass is 35.5. The van der Waals surface area contributed by atoms with Gasteiger partial charge in [-0.05, 0) is 31.7 Å². The zero-order valence-electron chi connectivity index (χ0n) is 25.9. The predicted octanol–water partition coefficient (Wildman–Crippen LogP) is 4.92. The highest BCUT2D eigenvalue weighted by molar-refractivity contribution is 6.32. The molecule has 0 spiro atoms. The lowest BCUT2D eigenvalue weighted by molar-refractivity contribution is -0.137. The zero-order chi connectivity index (χ0) is 31.7. The van der Waals surface area contributed by atoms with Crippen LogP contribution in [0.4, 0.5) is 18.9 Å². The number of phenolic OH excluding ortho intramolecular Hbond substituents is 1. The number of anilines is 1. The second-order valence-electron chi connectivity index (χ2n) is 11.3. The molecule has 0 radical (unpaired) electrons. The van der Waals surface area contributed by atoms with Crippen LogP contribution in [0.3, 0.4) is 0 Å². The summed E-state index contributed by atoms with van der Waals surface area (Å²) < 4.78 is 71.5. The third-order valence-electron chi connectivity index (χ3n) is 8.06. The fourth-order valence-corrected chi connectivity index (χ4v) is 5.84. The van der Waals surface area contributed by atoms with E-state index in [1.54, 1.807) is 0 Å². The summed E-state index contributed by atoms with van der Waals surface area (Å²) in [5, 5.41) is 11.4. The van der Waals surface area contributed by atoms with Gasteiger partial charge in [-0.3, -0.25) is 9.91 Å². The van der Waals surface area contributed by atoms with Gasteiger partial charge >= 0.3 is 12.2 Å². The molecule has 1 saturated carbocycles. The number of nitrogens with one attached hydrogen (secondary N) is 1. The molecule has 0 amide bonds. The van der Waals surface area contributed by atoms with E-state index >= 15 is 0 Å². The van der Waals surface area contributed by atoms with Crippen LogP contribution < -0.4 is 25.7 Å². The maximum Gasteiger partial charge on any atom is 0.419 e. The van der Waals surface area contributed by atoms with Crippen molar-refractivity contribution in [2.75, 3.05) is 44.4 Å². The minimum absolute atomic E-state index is 0.00583. The minimum atomic E-state index is -4.80. The molecule has 12 heteroatoms. The normalized spacial score (nSPS) is 19.9. The molecule has 1 aromatic carbocycles. The van der Waals surface area contributed by atoms with Gasteiger partial charge < -0.3 is 20.0 Å². The molecule has 5 rings (SSSR count). The topological polar surface area (TPSA) is 83.0 Å². The van der Waals surface area contributed by atoms with Crippen molar-refractivity contribution in [2.45, 2.75) is 70.9 Å². The Labute approximate surface area is 252 Å². The molecule has 3 aliphatic rings. The first-order chi connectivity index (χ1) is 20.9. The number of hydrogen-bond acceptors (Lipinski definition) is 8. The van der Waals surface area contributed by atoms with E-state index in [0.29, 0.717) is 43.5 Å². The van der Waals surface area contributed by atoms with Crippen LogP contribution in [0.2, 0.25) is 5.02 Å². The monoisotopic (exact) mass is 611 g/mol. The second-order valence-corrected chi connectivity index (χ2v) is 11.7. The molecule has 2 aliphatic heterocycles. The summed E-state index contributed by atoms with van der Waals surface area (Å²) in [6.45, 7) is 5.25. The Morgan fingerprint density at radius 2 is 1.98 bits per heavy atom. The van der Waals surface area contributed by atoms with Crippen molar-refractivity contribution in [2.24, 2.45) is 5.41 Å². The summed E-state index contributed by atoms with van der Waals surface area (Å²) in [6, 6.07) is 1.65.